The van der Waals surface area contributed by atoms with Crippen molar-refractivity contribution in [3.8, 4) is 11.1 Å². The monoisotopic (exact) mass is 497 g/mol. The van der Waals surface area contributed by atoms with Crippen LogP contribution >= 0.6 is 39.3 Å². The van der Waals surface area contributed by atoms with E-state index in [1.165, 1.54) is 0 Å². The molecule has 1 fully saturated rings. The quantitative estimate of drug-likeness (QED) is 0.342. The molecule has 0 aromatic carbocycles. The lowest BCUT2D eigenvalue weighted by Gasteiger charge is -2.30. The maximum Gasteiger partial charge on any atom is 0.159 e. The second-order valence-corrected chi connectivity index (χ2v) is 9.57. The van der Waals surface area contributed by atoms with Gasteiger partial charge < -0.3 is 14.2 Å². The summed E-state index contributed by atoms with van der Waals surface area (Å²) in [4.78, 5) is 6.86. The predicted octanol–water partition coefficient (Wildman–Crippen LogP) is 4.92. The first kappa shape index (κ1) is 21.2. The molecule has 0 radical (unpaired) electrons. The van der Waals surface area contributed by atoms with Crippen LogP contribution in [0.25, 0.3) is 22.0 Å². The zero-order valence-electron chi connectivity index (χ0n) is 16.6. The Kier molecular flexibility index (Phi) is 6.86. The second kappa shape index (κ2) is 9.39. The summed E-state index contributed by atoms with van der Waals surface area (Å²) in [5, 5.41) is 6.08. The van der Waals surface area contributed by atoms with Gasteiger partial charge in [0, 0.05) is 40.7 Å². The minimum atomic E-state index is 0.402. The van der Waals surface area contributed by atoms with E-state index in [-0.39, 0.29) is 0 Å². The molecule has 3 aromatic heterocycles. The highest BCUT2D eigenvalue weighted by molar-refractivity contribution is 9.10. The van der Waals surface area contributed by atoms with Crippen LogP contribution in [0.4, 0.5) is 0 Å². The summed E-state index contributed by atoms with van der Waals surface area (Å²) < 4.78 is 10.6. The van der Waals surface area contributed by atoms with Crippen molar-refractivity contribution >= 4 is 50.2 Å². The average molecular weight is 499 g/mol. The fraction of sp³-hybridized carbons (Fsp3) is 0.500. The number of likely N-dealkylation sites (tertiary alicyclic amines) is 1. The molecule has 0 saturated carbocycles. The number of nitrogens with zero attached hydrogens (tertiary/aromatic N) is 5. The Balaban J connectivity index is 1.68. The molecule has 29 heavy (non-hydrogen) atoms. The van der Waals surface area contributed by atoms with Crippen LogP contribution < -0.4 is 0 Å². The van der Waals surface area contributed by atoms with Gasteiger partial charge in [-0.05, 0) is 61.2 Å². The molecule has 1 saturated heterocycles. The van der Waals surface area contributed by atoms with E-state index >= 15 is 0 Å². The Bertz CT molecular complexity index is 983. The first-order valence-electron chi connectivity index (χ1n) is 9.71. The first-order chi connectivity index (χ1) is 14.1. The summed E-state index contributed by atoms with van der Waals surface area (Å²) in [6.07, 6.45) is 10.5. The summed E-state index contributed by atoms with van der Waals surface area (Å²) in [6.45, 7) is 3.31. The highest BCUT2D eigenvalue weighted by atomic mass is 79.9. The average Bonchev–Trinajstić information content (AvgIpc) is 3.26. The third-order valence-electron chi connectivity index (χ3n) is 5.43. The van der Waals surface area contributed by atoms with Gasteiger partial charge in [-0.2, -0.15) is 16.9 Å². The van der Waals surface area contributed by atoms with Crippen molar-refractivity contribution in [2.45, 2.75) is 25.6 Å². The van der Waals surface area contributed by atoms with E-state index in [9.17, 15) is 0 Å². The molecule has 0 atom stereocenters. The topological polar surface area (TPSA) is 48.1 Å². The van der Waals surface area contributed by atoms with Crippen molar-refractivity contribution in [1.82, 2.24) is 24.2 Å². The molecule has 6 nitrogen and oxygen atoms in total. The Hall–Kier alpha value is -1.06. The summed E-state index contributed by atoms with van der Waals surface area (Å²) in [5.74, 6) is 0.965. The van der Waals surface area contributed by atoms with Gasteiger partial charge in [-0.3, -0.25) is 0 Å². The number of hydrogen-bond acceptors (Lipinski definition) is 5. The molecule has 0 bridgehead atoms. The Morgan fingerprint density at radius 1 is 1.28 bits per heavy atom. The number of rotatable bonds is 7. The molecule has 0 N–H and O–H groups in total. The zero-order valence-corrected chi connectivity index (χ0v) is 19.8. The second-order valence-electron chi connectivity index (χ2n) is 7.41. The predicted molar refractivity (Wildman–Crippen MR) is 124 cm³/mol. The van der Waals surface area contributed by atoms with Crippen molar-refractivity contribution in [2.24, 2.45) is 0 Å². The van der Waals surface area contributed by atoms with Gasteiger partial charge in [-0.15, -0.1) is 0 Å². The van der Waals surface area contributed by atoms with Crippen molar-refractivity contribution in [2.75, 3.05) is 38.8 Å². The fourth-order valence-electron chi connectivity index (χ4n) is 3.86. The number of hydrogen-bond donors (Lipinski definition) is 0. The Labute approximate surface area is 188 Å². The molecule has 1 aliphatic rings. The SMILES string of the molecule is CSCCOCn1cc(-c2cn(C3CCN(C)CC3)c3cnc(Br)cc23)c(Cl)n1. The van der Waals surface area contributed by atoms with Gasteiger partial charge in [0.2, 0.25) is 0 Å². The summed E-state index contributed by atoms with van der Waals surface area (Å²) >= 11 is 11.8. The van der Waals surface area contributed by atoms with Crippen molar-refractivity contribution < 1.29 is 4.74 Å². The van der Waals surface area contributed by atoms with Gasteiger partial charge in [0.15, 0.2) is 5.15 Å². The molecule has 0 aliphatic carbocycles. The van der Waals surface area contributed by atoms with Crippen LogP contribution in [-0.4, -0.2) is 63.0 Å². The maximum atomic E-state index is 6.54. The molecule has 1 aliphatic heterocycles. The van der Waals surface area contributed by atoms with E-state index in [0.717, 1.165) is 58.3 Å². The molecule has 0 spiro atoms. The number of thioether (sulfide) groups is 1. The normalized spacial score (nSPS) is 16.1. The van der Waals surface area contributed by atoms with E-state index in [1.807, 2.05) is 12.4 Å². The summed E-state index contributed by atoms with van der Waals surface area (Å²) in [6, 6.07) is 2.53. The molecule has 4 heterocycles. The van der Waals surface area contributed by atoms with Gasteiger partial charge >= 0.3 is 0 Å². The van der Waals surface area contributed by atoms with Gasteiger partial charge in [0.25, 0.3) is 0 Å². The van der Waals surface area contributed by atoms with Crippen LogP contribution in [0.15, 0.2) is 29.3 Å². The fourth-order valence-corrected chi connectivity index (χ4v) is 4.72. The maximum absolute atomic E-state index is 6.54. The van der Waals surface area contributed by atoms with Crippen LogP contribution in [0.2, 0.25) is 5.15 Å². The molecule has 3 aromatic rings. The Morgan fingerprint density at radius 2 is 2.07 bits per heavy atom. The standard InChI is InChI=1S/C20H25BrClN5OS/c1-25-5-3-14(4-6-25)27-12-16(15-9-19(21)23-10-18(15)27)17-11-26(24-20(17)22)13-28-7-8-29-2/h9-12,14H,3-8,13H2,1-2H3. The third kappa shape index (κ3) is 4.66. The van der Waals surface area contributed by atoms with Gasteiger partial charge in [-0.1, -0.05) is 11.6 Å². The van der Waals surface area contributed by atoms with Gasteiger partial charge in [0.05, 0.1) is 18.3 Å². The molecular formula is C20H25BrClN5OS. The number of piperidine rings is 1. The van der Waals surface area contributed by atoms with Gasteiger partial charge in [0.1, 0.15) is 11.3 Å². The van der Waals surface area contributed by atoms with Crippen molar-refractivity contribution in [3.63, 3.8) is 0 Å². The van der Waals surface area contributed by atoms with E-state index in [2.05, 4.69) is 61.0 Å². The van der Waals surface area contributed by atoms with E-state index in [1.54, 1.807) is 16.4 Å². The smallest absolute Gasteiger partial charge is 0.159 e. The number of fused-ring (bicyclic) bond motifs is 1. The largest absolute Gasteiger partial charge is 0.358 e. The van der Waals surface area contributed by atoms with E-state index in [0.29, 0.717) is 24.5 Å². The minimum absolute atomic E-state index is 0.402. The van der Waals surface area contributed by atoms with Crippen LogP contribution in [0.1, 0.15) is 18.9 Å². The highest BCUT2D eigenvalue weighted by Gasteiger charge is 2.23. The zero-order chi connectivity index (χ0) is 20.4. The number of pyridine rings is 1. The molecular weight excluding hydrogens is 474 g/mol. The van der Waals surface area contributed by atoms with E-state index < -0.39 is 0 Å². The molecule has 0 unspecified atom stereocenters. The lowest BCUT2D eigenvalue weighted by Crippen LogP contribution is -2.31. The number of aromatic nitrogens is 4. The van der Waals surface area contributed by atoms with Crippen molar-refractivity contribution in [3.05, 3.63) is 34.4 Å². The number of ether oxygens (including phenoxy) is 1. The Morgan fingerprint density at radius 3 is 2.83 bits per heavy atom. The van der Waals surface area contributed by atoms with Crippen molar-refractivity contribution in [1.29, 1.82) is 0 Å². The lowest BCUT2D eigenvalue weighted by molar-refractivity contribution is 0.0812. The molecule has 9 heteroatoms. The van der Waals surface area contributed by atoms with Crippen LogP contribution in [0.5, 0.6) is 0 Å². The minimum Gasteiger partial charge on any atom is -0.358 e. The van der Waals surface area contributed by atoms with Gasteiger partial charge in [-0.25, -0.2) is 9.67 Å². The van der Waals surface area contributed by atoms with Crippen LogP contribution in [-0.2, 0) is 11.5 Å². The van der Waals surface area contributed by atoms with Crippen LogP contribution in [0.3, 0.4) is 0 Å². The highest BCUT2D eigenvalue weighted by Crippen LogP contribution is 2.38. The van der Waals surface area contributed by atoms with Crippen LogP contribution in [0, 0.1) is 0 Å². The third-order valence-corrected chi connectivity index (χ3v) is 6.72. The molecule has 0 amide bonds. The lowest BCUT2D eigenvalue weighted by atomic mass is 10.1. The number of halogens is 2. The summed E-state index contributed by atoms with van der Waals surface area (Å²) in [7, 11) is 2.18. The first-order valence-corrected chi connectivity index (χ1v) is 12.3. The molecule has 156 valence electrons. The molecule has 4 rings (SSSR count). The van der Waals surface area contributed by atoms with E-state index in [4.69, 9.17) is 16.3 Å². The summed E-state index contributed by atoms with van der Waals surface area (Å²) in [5.41, 5.74) is 3.15.